The molecule has 5 nitrogen and oxygen atoms in total. The normalized spacial score (nSPS) is 19.3. The van der Waals surface area contributed by atoms with Gasteiger partial charge in [-0.2, -0.15) is 5.26 Å². The Hall–Kier alpha value is -1.45. The van der Waals surface area contributed by atoms with Crippen LogP contribution >= 0.6 is 12.6 Å². The molecule has 1 saturated heterocycles. The minimum Gasteiger partial charge on any atom is -0.378 e. The van der Waals surface area contributed by atoms with Crippen molar-refractivity contribution in [1.82, 2.24) is 4.68 Å². The molecule has 2 fully saturated rings. The van der Waals surface area contributed by atoms with Gasteiger partial charge in [-0.25, -0.2) is 4.68 Å². The first-order chi connectivity index (χ1) is 9.22. The van der Waals surface area contributed by atoms with Crippen molar-refractivity contribution < 1.29 is 4.74 Å². The summed E-state index contributed by atoms with van der Waals surface area (Å²) < 4.78 is 6.79. The highest BCUT2D eigenvalue weighted by Crippen LogP contribution is 2.42. The summed E-state index contributed by atoms with van der Waals surface area (Å²) in [5.74, 6) is 0.368. The largest absolute Gasteiger partial charge is 0.378 e. The van der Waals surface area contributed by atoms with Gasteiger partial charge in [-0.05, 0) is 24.3 Å². The summed E-state index contributed by atoms with van der Waals surface area (Å²) >= 11 is 4.42. The third-order valence-electron chi connectivity index (χ3n) is 3.60. The van der Waals surface area contributed by atoms with Crippen molar-refractivity contribution in [3.8, 4) is 6.07 Å². The van der Waals surface area contributed by atoms with Crippen LogP contribution in [0.15, 0.2) is 15.9 Å². The first kappa shape index (κ1) is 12.6. The molecule has 0 spiro atoms. The number of ether oxygens (including phenoxy) is 1. The Morgan fingerprint density at radius 1 is 1.37 bits per heavy atom. The molecule has 1 aliphatic carbocycles. The maximum atomic E-state index is 12.3. The van der Waals surface area contributed by atoms with E-state index in [1.54, 1.807) is 6.07 Å². The molecular formula is C13H15N3O2S. The molecule has 0 unspecified atom stereocenters. The average molecular weight is 277 g/mol. The summed E-state index contributed by atoms with van der Waals surface area (Å²) in [6.45, 7) is 2.46. The third kappa shape index (κ3) is 2.24. The van der Waals surface area contributed by atoms with Gasteiger partial charge in [-0.3, -0.25) is 4.79 Å². The number of hydrogen-bond donors (Lipinski definition) is 1. The lowest BCUT2D eigenvalue weighted by Crippen LogP contribution is -2.49. The number of morpholine rings is 1. The van der Waals surface area contributed by atoms with Gasteiger partial charge >= 0.3 is 0 Å². The predicted molar refractivity (Wildman–Crippen MR) is 73.4 cm³/mol. The average Bonchev–Trinajstić information content (AvgIpc) is 3.23. The highest BCUT2D eigenvalue weighted by molar-refractivity contribution is 7.80. The van der Waals surface area contributed by atoms with E-state index in [4.69, 9.17) is 4.74 Å². The zero-order chi connectivity index (χ0) is 13.4. The van der Waals surface area contributed by atoms with Crippen molar-refractivity contribution in [2.75, 3.05) is 31.3 Å². The molecule has 1 saturated carbocycles. The van der Waals surface area contributed by atoms with E-state index in [1.165, 1.54) is 4.68 Å². The van der Waals surface area contributed by atoms with E-state index in [2.05, 4.69) is 18.7 Å². The Kier molecular flexibility index (Phi) is 3.25. The number of nitrogens with zero attached hydrogens (tertiary/aromatic N) is 3. The number of thiol groups is 1. The Morgan fingerprint density at radius 2 is 2.05 bits per heavy atom. The zero-order valence-electron chi connectivity index (χ0n) is 10.5. The van der Waals surface area contributed by atoms with Gasteiger partial charge in [-0.1, -0.05) is 0 Å². The van der Waals surface area contributed by atoms with Crippen LogP contribution in [-0.4, -0.2) is 31.0 Å². The lowest BCUT2D eigenvalue weighted by atomic mass is 10.1. The second-order valence-corrected chi connectivity index (χ2v) is 5.32. The Labute approximate surface area is 116 Å². The molecule has 3 rings (SSSR count). The molecule has 0 amide bonds. The van der Waals surface area contributed by atoms with Crippen LogP contribution in [0.5, 0.6) is 0 Å². The highest BCUT2D eigenvalue weighted by Gasteiger charge is 2.29. The summed E-state index contributed by atoms with van der Waals surface area (Å²) in [4.78, 5) is 12.3. The van der Waals surface area contributed by atoms with E-state index < -0.39 is 0 Å². The Morgan fingerprint density at radius 3 is 2.63 bits per heavy atom. The van der Waals surface area contributed by atoms with E-state index in [0.717, 1.165) is 18.4 Å². The molecule has 6 heteroatoms. The van der Waals surface area contributed by atoms with Gasteiger partial charge in [0.25, 0.3) is 5.56 Å². The predicted octanol–water partition coefficient (Wildman–Crippen LogP) is 0.854. The van der Waals surface area contributed by atoms with Crippen LogP contribution in [0.1, 0.15) is 29.9 Å². The minimum absolute atomic E-state index is 0.104. The van der Waals surface area contributed by atoms with Crippen molar-refractivity contribution in [1.29, 1.82) is 5.26 Å². The monoisotopic (exact) mass is 277 g/mol. The molecule has 0 bridgehead atoms. The van der Waals surface area contributed by atoms with Crippen LogP contribution in [-0.2, 0) is 4.74 Å². The molecule has 2 heterocycles. The summed E-state index contributed by atoms with van der Waals surface area (Å²) in [7, 11) is 0. The van der Waals surface area contributed by atoms with Crippen LogP contribution in [0.4, 0.5) is 0 Å². The van der Waals surface area contributed by atoms with Gasteiger partial charge in [0, 0.05) is 6.07 Å². The van der Waals surface area contributed by atoms with Gasteiger partial charge in [0.2, 0.25) is 0 Å². The second-order valence-electron chi connectivity index (χ2n) is 4.90. The van der Waals surface area contributed by atoms with E-state index >= 15 is 0 Å². The fourth-order valence-electron chi connectivity index (χ4n) is 2.46. The van der Waals surface area contributed by atoms with Crippen molar-refractivity contribution in [2.45, 2.75) is 23.8 Å². The van der Waals surface area contributed by atoms with Crippen molar-refractivity contribution in [3.63, 3.8) is 0 Å². The van der Waals surface area contributed by atoms with Crippen LogP contribution in [0.3, 0.4) is 0 Å². The summed E-state index contributed by atoms with van der Waals surface area (Å²) in [5, 5.41) is 11.7. The summed E-state index contributed by atoms with van der Waals surface area (Å²) in [6, 6.07) is 3.80. The number of nitriles is 1. The highest BCUT2D eigenvalue weighted by atomic mass is 32.1. The van der Waals surface area contributed by atoms with Crippen LogP contribution < -0.4 is 10.6 Å². The van der Waals surface area contributed by atoms with E-state index in [-0.39, 0.29) is 5.56 Å². The second kappa shape index (κ2) is 4.91. The number of hydrogen-bond acceptors (Lipinski definition) is 5. The van der Waals surface area contributed by atoms with Crippen molar-refractivity contribution >= 4 is 12.6 Å². The van der Waals surface area contributed by atoms with Crippen molar-refractivity contribution in [3.05, 3.63) is 27.5 Å². The molecule has 1 aromatic heterocycles. The molecule has 1 aliphatic heterocycles. The number of pyridine rings is 1. The Bertz CT molecular complexity index is 595. The molecule has 100 valence electrons. The standard InChI is InChI=1S/C13H15N3O2S/c14-8-11-10(9-1-2-9)7-12(17)16(13(11)19)15-3-5-18-6-4-15/h7,9,19H,1-6H2. The topological polar surface area (TPSA) is 58.3 Å². The molecule has 0 aromatic carbocycles. The van der Waals surface area contributed by atoms with Gasteiger partial charge in [0.15, 0.2) is 0 Å². The number of rotatable bonds is 2. The third-order valence-corrected chi connectivity index (χ3v) is 4.01. The van der Waals surface area contributed by atoms with Gasteiger partial charge < -0.3 is 9.75 Å². The minimum atomic E-state index is -0.104. The molecule has 1 aromatic rings. The van der Waals surface area contributed by atoms with Gasteiger partial charge in [-0.15, -0.1) is 12.6 Å². The SMILES string of the molecule is N#Cc1c(C2CC2)cc(=O)n(N2CCOCC2)c1S. The zero-order valence-corrected chi connectivity index (χ0v) is 11.4. The van der Waals surface area contributed by atoms with Crippen LogP contribution in [0, 0.1) is 11.3 Å². The molecule has 0 atom stereocenters. The van der Waals surface area contributed by atoms with E-state index in [9.17, 15) is 10.1 Å². The fourth-order valence-corrected chi connectivity index (χ4v) is 2.87. The van der Waals surface area contributed by atoms with Crippen LogP contribution in [0.25, 0.3) is 0 Å². The maximum Gasteiger partial charge on any atom is 0.270 e. The maximum absolute atomic E-state index is 12.3. The summed E-state index contributed by atoms with van der Waals surface area (Å²) in [6.07, 6.45) is 2.12. The van der Waals surface area contributed by atoms with E-state index in [0.29, 0.717) is 42.8 Å². The lowest BCUT2D eigenvalue weighted by molar-refractivity contribution is 0.109. The van der Waals surface area contributed by atoms with E-state index in [1.807, 2.05) is 5.01 Å². The quantitative estimate of drug-likeness (QED) is 0.814. The number of aromatic nitrogens is 1. The molecule has 0 radical (unpaired) electrons. The molecular weight excluding hydrogens is 262 g/mol. The van der Waals surface area contributed by atoms with Crippen molar-refractivity contribution in [2.24, 2.45) is 0 Å². The first-order valence-electron chi connectivity index (χ1n) is 6.44. The Balaban J connectivity index is 2.09. The van der Waals surface area contributed by atoms with Gasteiger partial charge in [0.05, 0.1) is 31.9 Å². The smallest absolute Gasteiger partial charge is 0.270 e. The molecule has 0 N–H and O–H groups in total. The van der Waals surface area contributed by atoms with Gasteiger partial charge in [0.1, 0.15) is 11.1 Å². The molecule has 19 heavy (non-hydrogen) atoms. The summed E-state index contributed by atoms with van der Waals surface area (Å²) in [5.41, 5.74) is 1.30. The lowest BCUT2D eigenvalue weighted by Gasteiger charge is -2.31. The fraction of sp³-hybridized carbons (Fsp3) is 0.538. The van der Waals surface area contributed by atoms with Crippen LogP contribution in [0.2, 0.25) is 0 Å². The molecule has 2 aliphatic rings. The first-order valence-corrected chi connectivity index (χ1v) is 6.89.